The molecule has 1 atom stereocenters. The van der Waals surface area contributed by atoms with Crippen LogP contribution in [-0.4, -0.2) is 28.2 Å². The number of hydrogen-bond acceptors (Lipinski definition) is 3. The molecule has 1 fully saturated rings. The van der Waals surface area contributed by atoms with Crippen LogP contribution in [0.1, 0.15) is 53.9 Å². The monoisotopic (exact) mass is 238 g/mol. The smallest absolute Gasteiger partial charge is 0.411 e. The fourth-order valence-corrected chi connectivity index (χ4v) is 2.27. The molecule has 0 aliphatic carbocycles. The van der Waals surface area contributed by atoms with Crippen molar-refractivity contribution in [3.63, 3.8) is 0 Å². The molecular formula is C13H22N2O2. The summed E-state index contributed by atoms with van der Waals surface area (Å²) < 4.78 is 5.41. The van der Waals surface area contributed by atoms with Crippen molar-refractivity contribution in [1.82, 2.24) is 4.90 Å². The van der Waals surface area contributed by atoms with E-state index in [4.69, 9.17) is 10.00 Å². The van der Waals surface area contributed by atoms with Gasteiger partial charge in [0.1, 0.15) is 5.60 Å². The largest absolute Gasteiger partial charge is 0.444 e. The maximum absolute atomic E-state index is 12.2. The average molecular weight is 238 g/mol. The van der Waals surface area contributed by atoms with Crippen LogP contribution in [0.5, 0.6) is 0 Å². The number of nitrogens with zero attached hydrogens (tertiary/aromatic N) is 2. The predicted molar refractivity (Wildman–Crippen MR) is 65.4 cm³/mol. The highest BCUT2D eigenvalue weighted by molar-refractivity contribution is 5.70. The summed E-state index contributed by atoms with van der Waals surface area (Å²) in [5, 5.41) is 8.80. The van der Waals surface area contributed by atoms with Gasteiger partial charge in [0.05, 0.1) is 12.5 Å². The van der Waals surface area contributed by atoms with Gasteiger partial charge in [0, 0.05) is 11.6 Å². The maximum Gasteiger partial charge on any atom is 0.411 e. The van der Waals surface area contributed by atoms with Gasteiger partial charge in [0.15, 0.2) is 0 Å². The third-order valence-electron chi connectivity index (χ3n) is 3.02. The second-order valence-electron chi connectivity index (χ2n) is 6.22. The van der Waals surface area contributed by atoms with Gasteiger partial charge in [-0.15, -0.1) is 0 Å². The van der Waals surface area contributed by atoms with Gasteiger partial charge in [0.25, 0.3) is 0 Å². The summed E-state index contributed by atoms with van der Waals surface area (Å²) in [4.78, 5) is 13.9. The van der Waals surface area contributed by atoms with E-state index in [0.717, 1.165) is 12.8 Å². The molecule has 0 unspecified atom stereocenters. The first kappa shape index (κ1) is 13.8. The van der Waals surface area contributed by atoms with Gasteiger partial charge in [-0.2, -0.15) is 5.26 Å². The molecule has 1 aliphatic rings. The van der Waals surface area contributed by atoms with Crippen molar-refractivity contribution in [2.75, 3.05) is 0 Å². The Morgan fingerprint density at radius 3 is 2.59 bits per heavy atom. The molecule has 1 rings (SSSR count). The van der Waals surface area contributed by atoms with E-state index in [-0.39, 0.29) is 17.7 Å². The Hall–Kier alpha value is -1.24. The molecule has 0 aromatic carbocycles. The number of nitriles is 1. The topological polar surface area (TPSA) is 53.3 Å². The minimum absolute atomic E-state index is 0.00940. The molecule has 1 amide bonds. The lowest BCUT2D eigenvalue weighted by molar-refractivity contribution is 0.00428. The molecule has 0 radical (unpaired) electrons. The molecule has 0 N–H and O–H groups in total. The third-order valence-corrected chi connectivity index (χ3v) is 3.02. The molecule has 1 aliphatic heterocycles. The van der Waals surface area contributed by atoms with Gasteiger partial charge < -0.3 is 4.74 Å². The Balaban J connectivity index is 2.83. The molecule has 0 bridgehead atoms. The first-order valence-electron chi connectivity index (χ1n) is 6.06. The standard InChI is InChI=1S/C13H22N2O2/c1-12(2,3)17-11(16)15-10(7-9-14)6-8-13(15,4)5/h10H,6-8H2,1-5H3/t10-/m0/s1. The summed E-state index contributed by atoms with van der Waals surface area (Å²) in [7, 11) is 0. The molecule has 1 heterocycles. The molecule has 4 nitrogen and oxygen atoms in total. The van der Waals surface area contributed by atoms with Crippen molar-refractivity contribution >= 4 is 6.09 Å². The van der Waals surface area contributed by atoms with Crippen LogP contribution in [0.4, 0.5) is 4.79 Å². The summed E-state index contributed by atoms with van der Waals surface area (Å²) in [5.41, 5.74) is -0.712. The van der Waals surface area contributed by atoms with E-state index < -0.39 is 5.60 Å². The lowest BCUT2D eigenvalue weighted by Crippen LogP contribution is -2.49. The SMILES string of the molecule is CC(C)(C)OC(=O)N1[C@H](CC#N)CCC1(C)C. The second-order valence-corrected chi connectivity index (χ2v) is 6.22. The van der Waals surface area contributed by atoms with Crippen LogP contribution in [0.3, 0.4) is 0 Å². The van der Waals surface area contributed by atoms with Crippen molar-refractivity contribution in [2.24, 2.45) is 0 Å². The van der Waals surface area contributed by atoms with Crippen molar-refractivity contribution in [3.05, 3.63) is 0 Å². The van der Waals surface area contributed by atoms with Crippen molar-refractivity contribution in [3.8, 4) is 6.07 Å². The van der Waals surface area contributed by atoms with Crippen LogP contribution >= 0.6 is 0 Å². The van der Waals surface area contributed by atoms with E-state index in [1.807, 2.05) is 34.6 Å². The van der Waals surface area contributed by atoms with Gasteiger partial charge in [-0.05, 0) is 47.5 Å². The van der Waals surface area contributed by atoms with E-state index in [0.29, 0.717) is 6.42 Å². The zero-order chi connectivity index (χ0) is 13.3. The first-order valence-corrected chi connectivity index (χ1v) is 6.06. The van der Waals surface area contributed by atoms with Gasteiger partial charge in [-0.1, -0.05) is 0 Å². The zero-order valence-electron chi connectivity index (χ0n) is 11.4. The zero-order valence-corrected chi connectivity index (χ0v) is 11.4. The fourth-order valence-electron chi connectivity index (χ4n) is 2.27. The summed E-state index contributed by atoms with van der Waals surface area (Å²) >= 11 is 0. The van der Waals surface area contributed by atoms with Crippen LogP contribution in [0, 0.1) is 11.3 Å². The molecule has 96 valence electrons. The normalized spacial score (nSPS) is 23.3. The van der Waals surface area contributed by atoms with E-state index in [1.165, 1.54) is 0 Å². The Bertz CT molecular complexity index is 336. The minimum Gasteiger partial charge on any atom is -0.444 e. The van der Waals surface area contributed by atoms with Crippen LogP contribution < -0.4 is 0 Å². The number of rotatable bonds is 1. The Morgan fingerprint density at radius 2 is 2.12 bits per heavy atom. The molecule has 0 aromatic rings. The number of ether oxygens (including phenoxy) is 1. The minimum atomic E-state index is -0.493. The third kappa shape index (κ3) is 3.36. The number of hydrogen-bond donors (Lipinski definition) is 0. The molecule has 0 aromatic heterocycles. The number of likely N-dealkylation sites (tertiary alicyclic amines) is 1. The number of amides is 1. The Morgan fingerprint density at radius 1 is 1.53 bits per heavy atom. The molecule has 17 heavy (non-hydrogen) atoms. The number of carbonyl (C=O) groups excluding carboxylic acids is 1. The van der Waals surface area contributed by atoms with Crippen LogP contribution in [-0.2, 0) is 4.74 Å². The summed E-state index contributed by atoms with van der Waals surface area (Å²) in [6.45, 7) is 9.61. The van der Waals surface area contributed by atoms with E-state index >= 15 is 0 Å². The lowest BCUT2D eigenvalue weighted by Gasteiger charge is -2.36. The van der Waals surface area contributed by atoms with Gasteiger partial charge in [-0.25, -0.2) is 4.79 Å². The first-order chi connectivity index (χ1) is 7.67. The molecular weight excluding hydrogens is 216 g/mol. The second kappa shape index (κ2) is 4.56. The van der Waals surface area contributed by atoms with E-state index in [9.17, 15) is 4.79 Å². The van der Waals surface area contributed by atoms with E-state index in [2.05, 4.69) is 6.07 Å². The van der Waals surface area contributed by atoms with Gasteiger partial charge in [-0.3, -0.25) is 4.90 Å². The van der Waals surface area contributed by atoms with Crippen LogP contribution in [0.15, 0.2) is 0 Å². The maximum atomic E-state index is 12.2. The number of carbonyl (C=O) groups is 1. The van der Waals surface area contributed by atoms with Gasteiger partial charge in [0.2, 0.25) is 0 Å². The summed E-state index contributed by atoms with van der Waals surface area (Å²) in [6, 6.07) is 2.14. The van der Waals surface area contributed by atoms with Crippen molar-refractivity contribution in [2.45, 2.75) is 71.1 Å². The predicted octanol–water partition coefficient (Wildman–Crippen LogP) is 3.08. The quantitative estimate of drug-likeness (QED) is 0.705. The Kier molecular flexibility index (Phi) is 3.71. The molecule has 0 spiro atoms. The Labute approximate surface area is 104 Å². The van der Waals surface area contributed by atoms with Gasteiger partial charge >= 0.3 is 6.09 Å². The van der Waals surface area contributed by atoms with Crippen molar-refractivity contribution in [1.29, 1.82) is 5.26 Å². The lowest BCUT2D eigenvalue weighted by atomic mass is 10.0. The van der Waals surface area contributed by atoms with Crippen LogP contribution in [0.25, 0.3) is 0 Å². The molecule has 4 heteroatoms. The van der Waals surface area contributed by atoms with E-state index in [1.54, 1.807) is 4.90 Å². The highest BCUT2D eigenvalue weighted by Gasteiger charge is 2.44. The van der Waals surface area contributed by atoms with Crippen molar-refractivity contribution < 1.29 is 9.53 Å². The van der Waals surface area contributed by atoms with Crippen LogP contribution in [0.2, 0.25) is 0 Å². The summed E-state index contributed by atoms with van der Waals surface area (Å²) in [6.07, 6.45) is 1.86. The highest BCUT2D eigenvalue weighted by Crippen LogP contribution is 2.35. The highest BCUT2D eigenvalue weighted by atomic mass is 16.6. The average Bonchev–Trinajstić information content (AvgIpc) is 2.39. The molecule has 0 saturated carbocycles. The fraction of sp³-hybridized carbons (Fsp3) is 0.846. The molecule has 1 saturated heterocycles. The summed E-state index contributed by atoms with van der Waals surface area (Å²) in [5.74, 6) is 0.